The van der Waals surface area contributed by atoms with Crippen LogP contribution in [-0.2, 0) is 6.54 Å². The third kappa shape index (κ3) is 6.36. The monoisotopic (exact) mass is 579 g/mol. The number of amides is 1. The number of rotatable bonds is 7. The summed E-state index contributed by atoms with van der Waals surface area (Å²) >= 11 is 3.72. The van der Waals surface area contributed by atoms with E-state index in [9.17, 15) is 4.79 Å². The molecule has 1 aliphatic heterocycles. The van der Waals surface area contributed by atoms with Crippen molar-refractivity contribution >= 4 is 44.4 Å². The predicted molar refractivity (Wildman–Crippen MR) is 154 cm³/mol. The Bertz CT molecular complexity index is 1390. The third-order valence-corrected chi connectivity index (χ3v) is 7.11. The number of piperidine rings is 1. The number of fused-ring (bicyclic) bond motifs is 1. The Kier molecular flexibility index (Phi) is 7.71. The number of aromatic amines is 1. The smallest absolute Gasteiger partial charge is 0.407 e. The SMILES string of the molecule is CC(C)(C)CN[C@@H]1CCCN(c2c(Br)cnc3[nH]cc(NC(=O)Oc4cnn(Cc5ccccc5)c4)c23)C1. The zero-order valence-corrected chi connectivity index (χ0v) is 23.6. The van der Waals surface area contributed by atoms with Gasteiger partial charge in [-0.05, 0) is 39.8 Å². The highest BCUT2D eigenvalue weighted by molar-refractivity contribution is 9.10. The average Bonchev–Trinajstić information content (AvgIpc) is 3.49. The summed E-state index contributed by atoms with van der Waals surface area (Å²) in [5, 5.41) is 11.8. The molecular weight excluding hydrogens is 546 g/mol. The maximum Gasteiger partial charge on any atom is 0.417 e. The molecule has 1 atom stereocenters. The number of halogens is 1. The van der Waals surface area contributed by atoms with Crippen LogP contribution in [0, 0.1) is 5.41 Å². The number of hydrogen-bond acceptors (Lipinski definition) is 6. The highest BCUT2D eigenvalue weighted by Gasteiger charge is 2.26. The molecule has 3 N–H and O–H groups in total. The van der Waals surface area contributed by atoms with Gasteiger partial charge in [0.2, 0.25) is 0 Å². The molecule has 1 saturated heterocycles. The van der Waals surface area contributed by atoms with Crippen LogP contribution in [0.4, 0.5) is 16.2 Å². The van der Waals surface area contributed by atoms with Crippen molar-refractivity contribution in [2.75, 3.05) is 29.9 Å². The molecule has 0 radical (unpaired) electrons. The van der Waals surface area contributed by atoms with Gasteiger partial charge >= 0.3 is 6.09 Å². The van der Waals surface area contributed by atoms with Gasteiger partial charge in [0, 0.05) is 38.1 Å². The van der Waals surface area contributed by atoms with E-state index in [-0.39, 0.29) is 5.41 Å². The number of hydrogen-bond donors (Lipinski definition) is 3. The Morgan fingerprint density at radius 1 is 1.24 bits per heavy atom. The van der Waals surface area contributed by atoms with E-state index in [0.717, 1.165) is 53.6 Å². The summed E-state index contributed by atoms with van der Waals surface area (Å²) in [7, 11) is 0. The highest BCUT2D eigenvalue weighted by atomic mass is 79.9. The Labute approximate surface area is 231 Å². The van der Waals surface area contributed by atoms with Gasteiger partial charge in [0.25, 0.3) is 0 Å². The number of aromatic nitrogens is 4. The second kappa shape index (κ2) is 11.2. The summed E-state index contributed by atoms with van der Waals surface area (Å²) in [6, 6.07) is 10.4. The van der Waals surface area contributed by atoms with Gasteiger partial charge in [-0.1, -0.05) is 51.1 Å². The summed E-state index contributed by atoms with van der Waals surface area (Å²) in [5.41, 5.74) is 3.69. The van der Waals surface area contributed by atoms with Gasteiger partial charge < -0.3 is 19.9 Å². The lowest BCUT2D eigenvalue weighted by Crippen LogP contribution is -2.48. The molecular formula is C28H34BrN7O2. The van der Waals surface area contributed by atoms with Crippen LogP contribution in [0.5, 0.6) is 5.75 Å². The lowest BCUT2D eigenvalue weighted by atomic mass is 9.95. The molecule has 4 heterocycles. The Morgan fingerprint density at radius 3 is 2.84 bits per heavy atom. The van der Waals surface area contributed by atoms with E-state index in [1.807, 2.05) is 36.5 Å². The van der Waals surface area contributed by atoms with Crippen molar-refractivity contribution in [2.45, 2.75) is 46.2 Å². The van der Waals surface area contributed by atoms with Gasteiger partial charge in [0.1, 0.15) is 5.65 Å². The molecule has 10 heteroatoms. The van der Waals surface area contributed by atoms with Crippen molar-refractivity contribution < 1.29 is 9.53 Å². The van der Waals surface area contributed by atoms with Gasteiger partial charge in [0.05, 0.1) is 40.2 Å². The van der Waals surface area contributed by atoms with E-state index in [1.54, 1.807) is 23.3 Å². The highest BCUT2D eigenvalue weighted by Crippen LogP contribution is 2.39. The first-order chi connectivity index (χ1) is 18.2. The van der Waals surface area contributed by atoms with Crippen LogP contribution in [0.3, 0.4) is 0 Å². The second-order valence-corrected chi connectivity index (χ2v) is 11.8. The molecule has 1 aliphatic rings. The normalized spacial score (nSPS) is 16.1. The molecule has 5 rings (SSSR count). The van der Waals surface area contributed by atoms with Crippen molar-refractivity contribution in [1.82, 2.24) is 25.1 Å². The minimum Gasteiger partial charge on any atom is -0.407 e. The average molecular weight is 581 g/mol. The molecule has 4 aromatic rings. The van der Waals surface area contributed by atoms with Crippen LogP contribution in [0.25, 0.3) is 11.0 Å². The number of nitrogens with one attached hydrogen (secondary N) is 3. The number of carbonyl (C=O) groups excluding carboxylic acids is 1. The lowest BCUT2D eigenvalue weighted by molar-refractivity contribution is 0.215. The number of H-pyrrole nitrogens is 1. The van der Waals surface area contributed by atoms with Crippen molar-refractivity contribution in [3.63, 3.8) is 0 Å². The lowest BCUT2D eigenvalue weighted by Gasteiger charge is -2.37. The molecule has 38 heavy (non-hydrogen) atoms. The molecule has 200 valence electrons. The number of pyridine rings is 1. The van der Waals surface area contributed by atoms with Crippen LogP contribution >= 0.6 is 15.9 Å². The van der Waals surface area contributed by atoms with Crippen molar-refractivity contribution in [2.24, 2.45) is 5.41 Å². The molecule has 1 amide bonds. The van der Waals surface area contributed by atoms with Crippen LogP contribution in [0.15, 0.2) is 59.6 Å². The standard InChI is InChI=1S/C28H34BrN7O2/c1-28(2,3)18-32-20-10-7-11-35(16-20)25-22(29)13-30-26-24(25)23(14-31-26)34-27(37)38-21-12-33-36(17-21)15-19-8-5-4-6-9-19/h4-6,8-9,12-14,17,20,32H,7,10-11,15-16,18H2,1-3H3,(H,30,31)(H,34,37)/t20-/m1/s1. The molecule has 0 unspecified atom stereocenters. The van der Waals surface area contributed by atoms with Crippen molar-refractivity contribution in [1.29, 1.82) is 0 Å². The molecule has 0 aliphatic carbocycles. The quantitative estimate of drug-likeness (QED) is 0.256. The first-order valence-corrected chi connectivity index (χ1v) is 13.7. The molecule has 0 spiro atoms. The fourth-order valence-electron chi connectivity index (χ4n) is 4.76. The first kappa shape index (κ1) is 26.2. The number of anilines is 2. The molecule has 9 nitrogen and oxygen atoms in total. The molecule has 1 fully saturated rings. The summed E-state index contributed by atoms with van der Waals surface area (Å²) in [6.07, 6.45) is 8.46. The summed E-state index contributed by atoms with van der Waals surface area (Å²) in [6.45, 7) is 10.1. The van der Waals surface area contributed by atoms with E-state index < -0.39 is 6.09 Å². The van der Waals surface area contributed by atoms with Crippen molar-refractivity contribution in [3.05, 3.63) is 65.2 Å². The Morgan fingerprint density at radius 2 is 2.05 bits per heavy atom. The number of benzene rings is 1. The number of nitrogens with zero attached hydrogens (tertiary/aromatic N) is 4. The molecule has 0 bridgehead atoms. The number of ether oxygens (including phenoxy) is 1. The zero-order valence-electron chi connectivity index (χ0n) is 22.0. The van der Waals surface area contributed by atoms with Gasteiger partial charge in [-0.3, -0.25) is 10.00 Å². The first-order valence-electron chi connectivity index (χ1n) is 12.9. The summed E-state index contributed by atoms with van der Waals surface area (Å²) < 4.78 is 8.18. The maximum absolute atomic E-state index is 12.9. The van der Waals surface area contributed by atoms with Crippen molar-refractivity contribution in [3.8, 4) is 5.75 Å². The van der Waals surface area contributed by atoms with Crippen LogP contribution in [0.2, 0.25) is 0 Å². The molecule has 1 aromatic carbocycles. The summed E-state index contributed by atoms with van der Waals surface area (Å²) in [5.74, 6) is 0.376. The third-order valence-electron chi connectivity index (χ3n) is 6.53. The van der Waals surface area contributed by atoms with Crippen LogP contribution < -0.4 is 20.3 Å². The zero-order chi connectivity index (χ0) is 26.7. The van der Waals surface area contributed by atoms with Gasteiger partial charge in [-0.15, -0.1) is 0 Å². The van der Waals surface area contributed by atoms with Gasteiger partial charge in [-0.25, -0.2) is 9.78 Å². The van der Waals surface area contributed by atoms with Gasteiger partial charge in [0.15, 0.2) is 5.75 Å². The predicted octanol–water partition coefficient (Wildman–Crippen LogP) is 5.79. The van der Waals surface area contributed by atoms with E-state index in [1.165, 1.54) is 0 Å². The topological polar surface area (TPSA) is 100 Å². The van der Waals surface area contributed by atoms with Crippen LogP contribution in [0.1, 0.15) is 39.2 Å². The minimum atomic E-state index is -0.584. The van der Waals surface area contributed by atoms with E-state index >= 15 is 0 Å². The largest absolute Gasteiger partial charge is 0.417 e. The van der Waals surface area contributed by atoms with E-state index in [0.29, 0.717) is 29.7 Å². The fraction of sp³-hybridized carbons (Fsp3) is 0.393. The second-order valence-electron chi connectivity index (χ2n) is 11.0. The van der Waals surface area contributed by atoms with Gasteiger partial charge in [-0.2, -0.15) is 5.10 Å². The summed E-state index contributed by atoms with van der Waals surface area (Å²) in [4.78, 5) is 22.9. The minimum absolute atomic E-state index is 0.225. The molecule has 3 aromatic heterocycles. The van der Waals surface area contributed by atoms with Crippen LogP contribution in [-0.4, -0.2) is 51.5 Å². The fourth-order valence-corrected chi connectivity index (χ4v) is 5.31. The Balaban J connectivity index is 1.30. The number of carbonyl (C=O) groups is 1. The molecule has 0 saturated carbocycles. The Hall–Kier alpha value is -3.37. The van der Waals surface area contributed by atoms with E-state index in [2.05, 4.69) is 67.3 Å². The maximum atomic E-state index is 12.9. The van der Waals surface area contributed by atoms with E-state index in [4.69, 9.17) is 4.74 Å².